The van der Waals surface area contributed by atoms with Crippen LogP contribution in [0.25, 0.3) is 0 Å². The van der Waals surface area contributed by atoms with E-state index in [9.17, 15) is 4.79 Å². The molecule has 1 saturated carbocycles. The van der Waals surface area contributed by atoms with Gasteiger partial charge in [-0.05, 0) is 30.9 Å². The third kappa shape index (κ3) is 4.06. The fraction of sp³-hybridized carbons (Fsp3) is 0.524. The molecule has 0 radical (unpaired) electrons. The maximum Gasteiger partial charge on any atom is 0.239 e. The molecule has 144 valence electrons. The van der Waals surface area contributed by atoms with Crippen LogP contribution in [0.5, 0.6) is 0 Å². The number of nitrogens with one attached hydrogen (secondary N) is 1. The van der Waals surface area contributed by atoms with Crippen LogP contribution in [0.1, 0.15) is 43.2 Å². The van der Waals surface area contributed by atoms with Gasteiger partial charge >= 0.3 is 0 Å². The quantitative estimate of drug-likeness (QED) is 0.823. The number of hydrogen-bond acceptors (Lipinski definition) is 4. The van der Waals surface area contributed by atoms with Crippen LogP contribution < -0.4 is 11.1 Å². The van der Waals surface area contributed by atoms with Crippen LogP contribution in [-0.4, -0.2) is 46.8 Å². The van der Waals surface area contributed by atoms with Crippen molar-refractivity contribution in [1.82, 2.24) is 14.7 Å². The summed E-state index contributed by atoms with van der Waals surface area (Å²) in [6.07, 6.45) is 6.56. The molecule has 2 heterocycles. The van der Waals surface area contributed by atoms with E-state index in [4.69, 9.17) is 5.73 Å². The summed E-state index contributed by atoms with van der Waals surface area (Å²) in [7, 11) is 0. The number of nitrogens with two attached hydrogens (primary N) is 1. The Bertz CT molecular complexity index is 753. The van der Waals surface area contributed by atoms with E-state index in [1.54, 1.807) is 6.20 Å². The summed E-state index contributed by atoms with van der Waals surface area (Å²) in [6, 6.07) is 12.8. The first kappa shape index (κ1) is 18.2. The normalized spacial score (nSPS) is 23.7. The van der Waals surface area contributed by atoms with Gasteiger partial charge in [0.25, 0.3) is 0 Å². The molecule has 4 rings (SSSR count). The highest BCUT2D eigenvalue weighted by Gasteiger charge is 2.33. The first-order valence-corrected chi connectivity index (χ1v) is 10.1. The lowest BCUT2D eigenvalue weighted by Gasteiger charge is -2.18. The highest BCUT2D eigenvalue weighted by atomic mass is 16.2. The zero-order valence-electron chi connectivity index (χ0n) is 15.8. The molecule has 2 aliphatic rings. The monoisotopic (exact) mass is 367 g/mol. The predicted molar refractivity (Wildman–Crippen MR) is 107 cm³/mol. The number of hydrogen-bond donors (Lipinski definition) is 2. The zero-order chi connectivity index (χ0) is 18.6. The van der Waals surface area contributed by atoms with Crippen molar-refractivity contribution in [3.8, 4) is 0 Å². The Morgan fingerprint density at radius 2 is 1.93 bits per heavy atom. The molecule has 3 N–H and O–H groups in total. The summed E-state index contributed by atoms with van der Waals surface area (Å²) in [6.45, 7) is 2.79. The SMILES string of the molecule is NC[C@@H]1CN(CC(=O)Nc2ccnn2C2CCCC2)C[C@H]1c1ccccc1. The van der Waals surface area contributed by atoms with Crippen LogP contribution in [0, 0.1) is 5.92 Å². The molecular formula is C21H29N5O. The number of benzene rings is 1. The Hall–Kier alpha value is -2.18. The smallest absolute Gasteiger partial charge is 0.239 e. The number of carbonyl (C=O) groups is 1. The van der Waals surface area contributed by atoms with Gasteiger partial charge in [-0.15, -0.1) is 0 Å². The van der Waals surface area contributed by atoms with E-state index in [2.05, 4.69) is 39.6 Å². The van der Waals surface area contributed by atoms with Crippen molar-refractivity contribution in [3.05, 3.63) is 48.2 Å². The summed E-state index contributed by atoms with van der Waals surface area (Å²) in [4.78, 5) is 14.9. The van der Waals surface area contributed by atoms with Gasteiger partial charge in [0.1, 0.15) is 5.82 Å². The van der Waals surface area contributed by atoms with E-state index in [1.807, 2.05) is 16.8 Å². The molecule has 27 heavy (non-hydrogen) atoms. The van der Waals surface area contributed by atoms with E-state index in [-0.39, 0.29) is 5.91 Å². The minimum absolute atomic E-state index is 0.0271. The average Bonchev–Trinajstić information content (AvgIpc) is 3.42. The molecule has 0 spiro atoms. The second kappa shape index (κ2) is 8.23. The largest absolute Gasteiger partial charge is 0.330 e. The lowest BCUT2D eigenvalue weighted by atomic mass is 9.89. The Morgan fingerprint density at radius 3 is 2.67 bits per heavy atom. The fourth-order valence-corrected chi connectivity index (χ4v) is 4.64. The van der Waals surface area contributed by atoms with Crippen LogP contribution in [0.4, 0.5) is 5.82 Å². The molecule has 0 unspecified atom stereocenters. The van der Waals surface area contributed by atoms with Crippen molar-refractivity contribution in [2.45, 2.75) is 37.6 Å². The maximum atomic E-state index is 12.6. The van der Waals surface area contributed by atoms with Crippen LogP contribution in [0.3, 0.4) is 0 Å². The maximum absolute atomic E-state index is 12.6. The van der Waals surface area contributed by atoms with Crippen LogP contribution in [0.2, 0.25) is 0 Å². The van der Waals surface area contributed by atoms with E-state index in [0.717, 1.165) is 31.7 Å². The van der Waals surface area contributed by atoms with Crippen molar-refractivity contribution in [1.29, 1.82) is 0 Å². The number of likely N-dealkylation sites (tertiary alicyclic amines) is 1. The Morgan fingerprint density at radius 1 is 1.15 bits per heavy atom. The van der Waals surface area contributed by atoms with Crippen molar-refractivity contribution < 1.29 is 4.79 Å². The van der Waals surface area contributed by atoms with Gasteiger partial charge in [0, 0.05) is 25.1 Å². The first-order chi connectivity index (χ1) is 13.2. The summed E-state index contributed by atoms with van der Waals surface area (Å²) in [5.41, 5.74) is 7.33. The van der Waals surface area contributed by atoms with E-state index in [0.29, 0.717) is 31.0 Å². The number of anilines is 1. The second-order valence-electron chi connectivity index (χ2n) is 7.85. The molecule has 1 saturated heterocycles. The first-order valence-electron chi connectivity index (χ1n) is 10.1. The summed E-state index contributed by atoms with van der Waals surface area (Å²) in [5, 5.41) is 7.50. The third-order valence-corrected chi connectivity index (χ3v) is 6.02. The predicted octanol–water partition coefficient (Wildman–Crippen LogP) is 2.61. The Kier molecular flexibility index (Phi) is 5.55. The zero-order valence-corrected chi connectivity index (χ0v) is 15.8. The van der Waals surface area contributed by atoms with Crippen LogP contribution in [0.15, 0.2) is 42.6 Å². The van der Waals surface area contributed by atoms with Crippen LogP contribution >= 0.6 is 0 Å². The molecule has 1 aliphatic carbocycles. The molecule has 1 amide bonds. The number of nitrogens with zero attached hydrogens (tertiary/aromatic N) is 3. The van der Waals surface area contributed by atoms with Gasteiger partial charge in [0.15, 0.2) is 0 Å². The molecule has 0 bridgehead atoms. The number of amides is 1. The van der Waals surface area contributed by atoms with Gasteiger partial charge < -0.3 is 11.1 Å². The van der Waals surface area contributed by atoms with Gasteiger partial charge in [-0.2, -0.15) is 5.10 Å². The Balaban J connectivity index is 1.37. The molecule has 2 aromatic rings. The van der Waals surface area contributed by atoms with Gasteiger partial charge in [-0.25, -0.2) is 4.68 Å². The lowest BCUT2D eigenvalue weighted by molar-refractivity contribution is -0.117. The standard InChI is InChI=1S/C21H29N5O/c22-12-17-13-25(14-19(17)16-6-2-1-3-7-16)15-21(27)24-20-10-11-23-26(20)18-8-4-5-9-18/h1-3,6-7,10-11,17-19H,4-5,8-9,12-15,22H2,(H,24,27)/t17-,19+/m1/s1. The summed E-state index contributed by atoms with van der Waals surface area (Å²) < 4.78 is 1.99. The minimum atomic E-state index is 0.0271. The number of carbonyl (C=O) groups excluding carboxylic acids is 1. The molecule has 1 aromatic heterocycles. The van der Waals surface area contributed by atoms with E-state index in [1.165, 1.54) is 18.4 Å². The van der Waals surface area contributed by atoms with Crippen LogP contribution in [-0.2, 0) is 4.79 Å². The van der Waals surface area contributed by atoms with Crippen molar-refractivity contribution in [3.63, 3.8) is 0 Å². The minimum Gasteiger partial charge on any atom is -0.330 e. The van der Waals surface area contributed by atoms with Gasteiger partial charge in [0.2, 0.25) is 5.91 Å². The molecule has 2 atom stereocenters. The van der Waals surface area contributed by atoms with Crippen molar-refractivity contribution in [2.24, 2.45) is 11.7 Å². The molecule has 6 nitrogen and oxygen atoms in total. The average molecular weight is 367 g/mol. The molecule has 2 fully saturated rings. The molecule has 1 aliphatic heterocycles. The summed E-state index contributed by atoms with van der Waals surface area (Å²) in [5.74, 6) is 1.64. The number of rotatable bonds is 6. The van der Waals surface area contributed by atoms with E-state index < -0.39 is 0 Å². The molecular weight excluding hydrogens is 338 g/mol. The second-order valence-corrected chi connectivity index (χ2v) is 7.85. The topological polar surface area (TPSA) is 76.2 Å². The van der Waals surface area contributed by atoms with E-state index >= 15 is 0 Å². The van der Waals surface area contributed by atoms with Gasteiger partial charge in [-0.3, -0.25) is 9.69 Å². The fourth-order valence-electron chi connectivity index (χ4n) is 4.64. The highest BCUT2D eigenvalue weighted by molar-refractivity contribution is 5.91. The van der Waals surface area contributed by atoms with Crippen molar-refractivity contribution in [2.75, 3.05) is 31.5 Å². The highest BCUT2D eigenvalue weighted by Crippen LogP contribution is 2.33. The van der Waals surface area contributed by atoms with Crippen molar-refractivity contribution >= 4 is 11.7 Å². The van der Waals surface area contributed by atoms with Gasteiger partial charge in [0.05, 0.1) is 18.8 Å². The Labute approximate surface area is 160 Å². The molecule has 1 aromatic carbocycles. The van der Waals surface area contributed by atoms with Gasteiger partial charge in [-0.1, -0.05) is 43.2 Å². The molecule has 6 heteroatoms. The number of aromatic nitrogens is 2. The third-order valence-electron chi connectivity index (χ3n) is 6.02. The summed E-state index contributed by atoms with van der Waals surface area (Å²) >= 11 is 0. The lowest BCUT2D eigenvalue weighted by Crippen LogP contribution is -2.33.